The van der Waals surface area contributed by atoms with Crippen LogP contribution in [0.1, 0.15) is 44.6 Å². The van der Waals surface area contributed by atoms with Crippen molar-refractivity contribution in [3.05, 3.63) is 29.8 Å². The third-order valence-corrected chi connectivity index (χ3v) is 3.77. The lowest BCUT2D eigenvalue weighted by atomic mass is 9.90. The summed E-state index contributed by atoms with van der Waals surface area (Å²) in [5.74, 6) is 1.00. The Balaban J connectivity index is 1.92. The third kappa shape index (κ3) is 3.70. The number of rotatable bonds is 4. The van der Waals surface area contributed by atoms with Gasteiger partial charge in [-0.1, -0.05) is 26.0 Å². The Kier molecular flexibility index (Phi) is 4.43. The summed E-state index contributed by atoms with van der Waals surface area (Å²) in [7, 11) is 0. The zero-order valence-electron chi connectivity index (χ0n) is 11.6. The first-order valence-electron chi connectivity index (χ1n) is 6.96. The number of aliphatic imine (C=N–C) groups is 1. The molecule has 1 aromatic carbocycles. The highest BCUT2D eigenvalue weighted by atomic mass is 16.3. The Morgan fingerprint density at radius 1 is 1.42 bits per heavy atom. The van der Waals surface area contributed by atoms with Crippen molar-refractivity contribution in [2.24, 2.45) is 10.7 Å². The number of hydrogen-bond donors (Lipinski definition) is 3. The second-order valence-electron chi connectivity index (χ2n) is 5.35. The molecule has 4 N–H and O–H groups in total. The number of aliphatic hydroxyl groups is 1. The van der Waals surface area contributed by atoms with Gasteiger partial charge in [-0.3, -0.25) is 0 Å². The summed E-state index contributed by atoms with van der Waals surface area (Å²) in [6, 6.07) is 8.47. The van der Waals surface area contributed by atoms with E-state index in [4.69, 9.17) is 5.73 Å². The van der Waals surface area contributed by atoms with Gasteiger partial charge in [-0.05, 0) is 42.9 Å². The molecule has 0 saturated heterocycles. The quantitative estimate of drug-likeness (QED) is 0.576. The van der Waals surface area contributed by atoms with Crippen LogP contribution in [0.25, 0.3) is 0 Å². The van der Waals surface area contributed by atoms with Crippen LogP contribution >= 0.6 is 0 Å². The molecule has 1 fully saturated rings. The second-order valence-corrected chi connectivity index (χ2v) is 5.35. The van der Waals surface area contributed by atoms with E-state index < -0.39 is 0 Å². The zero-order chi connectivity index (χ0) is 13.8. The van der Waals surface area contributed by atoms with Crippen LogP contribution in [0, 0.1) is 0 Å². The first-order valence-corrected chi connectivity index (χ1v) is 6.96. The average Bonchev–Trinajstić information content (AvgIpc) is 2.37. The lowest BCUT2D eigenvalue weighted by molar-refractivity contribution is 0.0778. The Morgan fingerprint density at radius 2 is 2.05 bits per heavy atom. The maximum Gasteiger partial charge on any atom is 0.193 e. The van der Waals surface area contributed by atoms with E-state index in [1.165, 1.54) is 5.56 Å². The van der Waals surface area contributed by atoms with E-state index >= 15 is 0 Å². The lowest BCUT2D eigenvalue weighted by Crippen LogP contribution is -2.35. The van der Waals surface area contributed by atoms with Gasteiger partial charge in [0.05, 0.1) is 12.1 Å². The van der Waals surface area contributed by atoms with Gasteiger partial charge in [0.1, 0.15) is 0 Å². The molecule has 0 aromatic heterocycles. The number of benzene rings is 1. The fourth-order valence-electron chi connectivity index (χ4n) is 2.17. The van der Waals surface area contributed by atoms with E-state index in [0.717, 1.165) is 24.9 Å². The number of anilines is 1. The van der Waals surface area contributed by atoms with Crippen molar-refractivity contribution in [2.45, 2.75) is 51.2 Å². The lowest BCUT2D eigenvalue weighted by Gasteiger charge is -2.28. The molecule has 0 heterocycles. The number of nitrogens with zero attached hydrogens (tertiary/aromatic N) is 1. The van der Waals surface area contributed by atoms with Gasteiger partial charge in [-0.25, -0.2) is 4.99 Å². The SMILES string of the molecule is CCC(C)c1ccc(NC(N)=NC2CC(O)C2)cc1. The van der Waals surface area contributed by atoms with Gasteiger partial charge in [0, 0.05) is 5.69 Å². The predicted octanol–water partition coefficient (Wildman–Crippen LogP) is 2.45. The minimum atomic E-state index is -0.198. The molecule has 1 aromatic rings. The van der Waals surface area contributed by atoms with Crippen LogP contribution in [0.5, 0.6) is 0 Å². The first kappa shape index (κ1) is 13.9. The highest BCUT2D eigenvalue weighted by Crippen LogP contribution is 2.23. The summed E-state index contributed by atoms with van der Waals surface area (Å²) >= 11 is 0. The van der Waals surface area contributed by atoms with E-state index in [9.17, 15) is 5.11 Å². The summed E-state index contributed by atoms with van der Waals surface area (Å²) in [4.78, 5) is 4.32. The molecule has 1 atom stereocenters. The van der Waals surface area contributed by atoms with Gasteiger partial charge in [0.15, 0.2) is 5.96 Å². The molecule has 4 nitrogen and oxygen atoms in total. The third-order valence-electron chi connectivity index (χ3n) is 3.77. The molecule has 0 aliphatic heterocycles. The monoisotopic (exact) mass is 261 g/mol. The molecule has 2 rings (SSSR count). The molecule has 1 aliphatic carbocycles. The smallest absolute Gasteiger partial charge is 0.193 e. The van der Waals surface area contributed by atoms with Crippen molar-refractivity contribution < 1.29 is 5.11 Å². The molecule has 4 heteroatoms. The molecule has 1 unspecified atom stereocenters. The molecular weight excluding hydrogens is 238 g/mol. The van der Waals surface area contributed by atoms with E-state index in [1.807, 2.05) is 12.1 Å². The minimum Gasteiger partial charge on any atom is -0.393 e. The van der Waals surface area contributed by atoms with Crippen LogP contribution < -0.4 is 11.1 Å². The van der Waals surface area contributed by atoms with Crippen molar-refractivity contribution in [1.29, 1.82) is 0 Å². The maximum atomic E-state index is 9.20. The van der Waals surface area contributed by atoms with Crippen LogP contribution in [0.15, 0.2) is 29.3 Å². The number of nitrogens with one attached hydrogen (secondary N) is 1. The van der Waals surface area contributed by atoms with Crippen molar-refractivity contribution >= 4 is 11.6 Å². The van der Waals surface area contributed by atoms with Crippen molar-refractivity contribution in [2.75, 3.05) is 5.32 Å². The van der Waals surface area contributed by atoms with E-state index in [2.05, 4.69) is 36.3 Å². The summed E-state index contributed by atoms with van der Waals surface area (Å²) < 4.78 is 0. The minimum absolute atomic E-state index is 0.168. The highest BCUT2D eigenvalue weighted by Gasteiger charge is 2.26. The van der Waals surface area contributed by atoms with Crippen LogP contribution in [-0.2, 0) is 0 Å². The van der Waals surface area contributed by atoms with E-state index in [0.29, 0.717) is 11.9 Å². The number of aliphatic hydroxyl groups excluding tert-OH is 1. The fraction of sp³-hybridized carbons (Fsp3) is 0.533. The molecule has 1 saturated carbocycles. The largest absolute Gasteiger partial charge is 0.393 e. The fourth-order valence-corrected chi connectivity index (χ4v) is 2.17. The summed E-state index contributed by atoms with van der Waals surface area (Å²) in [6.45, 7) is 4.41. The number of hydrogen-bond acceptors (Lipinski definition) is 2. The predicted molar refractivity (Wildman–Crippen MR) is 79.4 cm³/mol. The Bertz CT molecular complexity index is 435. The highest BCUT2D eigenvalue weighted by molar-refractivity contribution is 5.92. The normalized spacial score (nSPS) is 24.7. The summed E-state index contributed by atoms with van der Waals surface area (Å²) in [5.41, 5.74) is 8.13. The first-order chi connectivity index (χ1) is 9.08. The topological polar surface area (TPSA) is 70.6 Å². The van der Waals surface area contributed by atoms with E-state index in [1.54, 1.807) is 0 Å². The molecule has 0 bridgehead atoms. The van der Waals surface area contributed by atoms with Gasteiger partial charge >= 0.3 is 0 Å². The molecule has 19 heavy (non-hydrogen) atoms. The van der Waals surface area contributed by atoms with Gasteiger partial charge < -0.3 is 16.2 Å². The standard InChI is InChI=1S/C15H23N3O/c1-3-10(2)11-4-6-12(7-5-11)17-15(16)18-13-8-14(19)9-13/h4-7,10,13-14,19H,3,8-9H2,1-2H3,(H3,16,17,18). The van der Waals surface area contributed by atoms with Crippen molar-refractivity contribution in [1.82, 2.24) is 0 Å². The Labute approximate surface area is 114 Å². The maximum absolute atomic E-state index is 9.20. The van der Waals surface area contributed by atoms with Crippen molar-refractivity contribution in [3.8, 4) is 0 Å². The van der Waals surface area contributed by atoms with Gasteiger partial charge in [-0.15, -0.1) is 0 Å². The second kappa shape index (κ2) is 6.06. The van der Waals surface area contributed by atoms with Gasteiger partial charge in [0.25, 0.3) is 0 Å². The average molecular weight is 261 g/mol. The zero-order valence-corrected chi connectivity index (χ0v) is 11.6. The van der Waals surface area contributed by atoms with E-state index in [-0.39, 0.29) is 12.1 Å². The summed E-state index contributed by atoms with van der Waals surface area (Å²) in [6.07, 6.45) is 2.38. The Morgan fingerprint density at radius 3 is 2.58 bits per heavy atom. The molecule has 104 valence electrons. The Hall–Kier alpha value is -1.55. The van der Waals surface area contributed by atoms with Crippen LogP contribution in [-0.4, -0.2) is 23.2 Å². The number of nitrogens with two attached hydrogens (primary N) is 1. The molecule has 0 radical (unpaired) electrons. The van der Waals surface area contributed by atoms with Crippen molar-refractivity contribution in [3.63, 3.8) is 0 Å². The van der Waals surface area contributed by atoms with Gasteiger partial charge in [-0.2, -0.15) is 0 Å². The molecular formula is C15H23N3O. The summed E-state index contributed by atoms with van der Waals surface area (Å²) in [5, 5.41) is 12.3. The number of guanidine groups is 1. The molecule has 0 spiro atoms. The van der Waals surface area contributed by atoms with Crippen LogP contribution in [0.4, 0.5) is 5.69 Å². The molecule has 0 amide bonds. The van der Waals surface area contributed by atoms with Gasteiger partial charge in [0.2, 0.25) is 0 Å². The van der Waals surface area contributed by atoms with Crippen LogP contribution in [0.3, 0.4) is 0 Å². The van der Waals surface area contributed by atoms with Crippen LogP contribution in [0.2, 0.25) is 0 Å². The molecule has 1 aliphatic rings.